The van der Waals surface area contributed by atoms with Gasteiger partial charge in [-0.05, 0) is 74.3 Å². The zero-order chi connectivity index (χ0) is 25.6. The van der Waals surface area contributed by atoms with Crippen LogP contribution in [0.15, 0.2) is 48.7 Å². The molecule has 182 valence electrons. The summed E-state index contributed by atoms with van der Waals surface area (Å²) in [5, 5.41) is 6.96. The van der Waals surface area contributed by atoms with Gasteiger partial charge >= 0.3 is 0 Å². The molecule has 0 atom stereocenters. The largest absolute Gasteiger partial charge is 0.347 e. The van der Waals surface area contributed by atoms with Gasteiger partial charge in [0.15, 0.2) is 10.8 Å². The first-order chi connectivity index (χ1) is 17.3. The third kappa shape index (κ3) is 3.63. The Morgan fingerprint density at radius 2 is 1.97 bits per heavy atom. The topological polar surface area (TPSA) is 74.8 Å². The zero-order valence-corrected chi connectivity index (χ0v) is 20.6. The molecule has 10 heteroatoms. The van der Waals surface area contributed by atoms with Crippen LogP contribution in [0.2, 0.25) is 0 Å². The first-order valence-corrected chi connectivity index (χ1v) is 11.9. The smallest absolute Gasteiger partial charge is 0.269 e. The molecule has 1 aromatic heterocycles. The third-order valence-electron chi connectivity index (χ3n) is 6.94. The van der Waals surface area contributed by atoms with Gasteiger partial charge in [-0.1, -0.05) is 12.1 Å². The summed E-state index contributed by atoms with van der Waals surface area (Å²) in [5.41, 5.74) is 2.20. The number of carbonyl (C=O) groups is 2. The van der Waals surface area contributed by atoms with E-state index in [0.29, 0.717) is 41.2 Å². The van der Waals surface area contributed by atoms with E-state index in [1.807, 2.05) is 6.92 Å². The van der Waals surface area contributed by atoms with Gasteiger partial charge in [0.05, 0.1) is 6.57 Å². The highest BCUT2D eigenvalue weighted by Gasteiger charge is 2.59. The maximum atomic E-state index is 15.2. The summed E-state index contributed by atoms with van der Waals surface area (Å²) in [6, 6.07) is 11.5. The number of carbonyl (C=O) groups excluding carboxylic acids is 2. The minimum atomic E-state index is -0.842. The van der Waals surface area contributed by atoms with Gasteiger partial charge in [-0.2, -0.15) is 5.10 Å². The van der Waals surface area contributed by atoms with E-state index >= 15 is 4.39 Å². The molecule has 5 rings (SSSR count). The van der Waals surface area contributed by atoms with Crippen molar-refractivity contribution >= 4 is 46.2 Å². The molecule has 2 fully saturated rings. The summed E-state index contributed by atoms with van der Waals surface area (Å²) in [6.45, 7) is 9.10. The molecule has 1 N–H and O–H groups in total. The lowest BCUT2D eigenvalue weighted by molar-refractivity contribution is -0.123. The van der Waals surface area contributed by atoms with E-state index in [9.17, 15) is 9.59 Å². The van der Waals surface area contributed by atoms with Gasteiger partial charge in [-0.15, -0.1) is 0 Å². The number of hydrogen-bond donors (Lipinski definition) is 1. The fourth-order valence-electron chi connectivity index (χ4n) is 4.79. The van der Waals surface area contributed by atoms with Crippen molar-refractivity contribution < 1.29 is 14.0 Å². The summed E-state index contributed by atoms with van der Waals surface area (Å²) < 4.78 is 16.6. The van der Waals surface area contributed by atoms with Crippen LogP contribution in [-0.4, -0.2) is 32.2 Å². The van der Waals surface area contributed by atoms with Gasteiger partial charge in [-0.3, -0.25) is 19.2 Å². The lowest BCUT2D eigenvalue weighted by atomic mass is 9.75. The molecule has 1 spiro atoms. The number of thiocarbonyl (C=S) groups is 1. The normalized spacial score (nSPS) is 16.3. The average Bonchev–Trinajstić information content (AvgIpc) is 3.35. The molecule has 1 aliphatic heterocycles. The van der Waals surface area contributed by atoms with E-state index < -0.39 is 11.4 Å². The van der Waals surface area contributed by atoms with Crippen LogP contribution in [0.25, 0.3) is 4.85 Å². The van der Waals surface area contributed by atoms with Crippen molar-refractivity contribution in [3.63, 3.8) is 0 Å². The molecule has 0 radical (unpaired) electrons. The number of aromatic nitrogens is 2. The molecular formula is C26H23FN6O2S. The predicted molar refractivity (Wildman–Crippen MR) is 137 cm³/mol. The van der Waals surface area contributed by atoms with Crippen LogP contribution >= 0.6 is 12.2 Å². The second-order valence-electron chi connectivity index (χ2n) is 9.02. The Kier molecular flexibility index (Phi) is 5.80. The van der Waals surface area contributed by atoms with Gasteiger partial charge in [0.2, 0.25) is 0 Å². The maximum Gasteiger partial charge on any atom is 0.269 e. The molecule has 1 saturated heterocycles. The molecule has 2 aromatic carbocycles. The number of amides is 2. The van der Waals surface area contributed by atoms with E-state index in [2.05, 4.69) is 15.3 Å². The van der Waals surface area contributed by atoms with Gasteiger partial charge in [0.1, 0.15) is 17.1 Å². The Morgan fingerprint density at radius 3 is 2.56 bits per heavy atom. The fraction of sp³-hybridized carbons (Fsp3) is 0.269. The Bertz CT molecular complexity index is 1450. The number of rotatable bonds is 5. The average molecular weight is 503 g/mol. The predicted octanol–water partition coefficient (Wildman–Crippen LogP) is 4.41. The van der Waals surface area contributed by atoms with E-state index in [4.69, 9.17) is 18.8 Å². The number of nitrogens with one attached hydrogen (secondary N) is 1. The van der Waals surface area contributed by atoms with Crippen molar-refractivity contribution in [1.29, 1.82) is 0 Å². The Balaban J connectivity index is 1.42. The van der Waals surface area contributed by atoms with Crippen LogP contribution in [0.5, 0.6) is 0 Å². The van der Waals surface area contributed by atoms with Gasteiger partial charge < -0.3 is 10.2 Å². The third-order valence-corrected chi connectivity index (χ3v) is 7.30. The van der Waals surface area contributed by atoms with Crippen molar-refractivity contribution in [3.8, 4) is 0 Å². The maximum absolute atomic E-state index is 15.2. The lowest BCUT2D eigenvalue weighted by Crippen LogP contribution is -2.55. The Labute approximate surface area is 213 Å². The van der Waals surface area contributed by atoms with Crippen LogP contribution in [-0.2, 0) is 18.4 Å². The van der Waals surface area contributed by atoms with Crippen molar-refractivity contribution in [2.24, 2.45) is 7.05 Å². The van der Waals surface area contributed by atoms with E-state index in [1.54, 1.807) is 48.3 Å². The molecule has 2 amide bonds. The van der Waals surface area contributed by atoms with Crippen LogP contribution in [0.3, 0.4) is 0 Å². The molecule has 3 aromatic rings. The zero-order valence-electron chi connectivity index (χ0n) is 19.8. The van der Waals surface area contributed by atoms with E-state index in [0.717, 1.165) is 12.0 Å². The van der Waals surface area contributed by atoms with Gasteiger partial charge in [-0.25, -0.2) is 9.24 Å². The van der Waals surface area contributed by atoms with Crippen molar-refractivity contribution in [1.82, 2.24) is 15.1 Å². The van der Waals surface area contributed by atoms with Crippen LogP contribution in [0.4, 0.5) is 21.5 Å². The summed E-state index contributed by atoms with van der Waals surface area (Å²) in [5.74, 6) is -0.992. The van der Waals surface area contributed by atoms with Gasteiger partial charge in [0.25, 0.3) is 11.8 Å². The van der Waals surface area contributed by atoms with Crippen LogP contribution in [0, 0.1) is 19.3 Å². The molecule has 36 heavy (non-hydrogen) atoms. The highest BCUT2D eigenvalue weighted by Crippen LogP contribution is 2.48. The standard InChI is InChI=1S/C26H23FN6O2S/c1-16-13-18(7-8-21(16)28-2)32-24(35)26(10-4-11-26)33(25(32)36)19-6-5-17(20(27)14-19)15-29-23(34)22-9-12-30-31(22)3/h5-9,12-14H,4,10-11,15H2,1,3H3,(H,29,34). The minimum Gasteiger partial charge on any atom is -0.347 e. The second kappa shape index (κ2) is 8.84. The quantitative estimate of drug-likeness (QED) is 0.413. The summed E-state index contributed by atoms with van der Waals surface area (Å²) in [4.78, 5) is 32.7. The number of benzene rings is 2. The Morgan fingerprint density at radius 1 is 1.22 bits per heavy atom. The van der Waals surface area contributed by atoms with E-state index in [1.165, 1.54) is 21.8 Å². The number of hydrogen-bond acceptors (Lipinski definition) is 4. The summed E-state index contributed by atoms with van der Waals surface area (Å²) in [7, 11) is 1.66. The molecule has 0 unspecified atom stereocenters. The molecule has 1 saturated carbocycles. The van der Waals surface area contributed by atoms with Crippen molar-refractivity contribution in [2.45, 2.75) is 38.3 Å². The number of nitrogens with zero attached hydrogens (tertiary/aromatic N) is 5. The first kappa shape index (κ1) is 23.6. The number of anilines is 2. The minimum absolute atomic E-state index is 0.00342. The highest BCUT2D eigenvalue weighted by molar-refractivity contribution is 7.81. The Hall–Kier alpha value is -4.10. The monoisotopic (exact) mass is 502 g/mol. The number of aryl methyl sites for hydroxylation is 2. The summed E-state index contributed by atoms with van der Waals surface area (Å²) in [6.07, 6.45) is 3.62. The SMILES string of the molecule is [C-]#[N+]c1ccc(N2C(=O)C3(CCC3)N(c3ccc(CNC(=O)c4ccnn4C)c(F)c3)C2=S)cc1C. The molecule has 0 bridgehead atoms. The summed E-state index contributed by atoms with van der Waals surface area (Å²) >= 11 is 5.76. The first-order valence-electron chi connectivity index (χ1n) is 11.5. The number of halogens is 1. The van der Waals surface area contributed by atoms with E-state index in [-0.39, 0.29) is 23.5 Å². The van der Waals surface area contributed by atoms with Crippen molar-refractivity contribution in [3.05, 3.63) is 82.7 Å². The molecule has 2 heterocycles. The van der Waals surface area contributed by atoms with Crippen LogP contribution in [0.1, 0.15) is 40.9 Å². The lowest BCUT2D eigenvalue weighted by Gasteiger charge is -2.43. The molecule has 1 aliphatic carbocycles. The molecular weight excluding hydrogens is 479 g/mol. The molecule has 2 aliphatic rings. The molecule has 8 nitrogen and oxygen atoms in total. The highest BCUT2D eigenvalue weighted by atomic mass is 32.1. The van der Waals surface area contributed by atoms with Crippen LogP contribution < -0.4 is 15.1 Å². The van der Waals surface area contributed by atoms with Crippen molar-refractivity contribution in [2.75, 3.05) is 9.80 Å². The van der Waals surface area contributed by atoms with Gasteiger partial charge in [0, 0.05) is 36.7 Å². The fourth-order valence-corrected chi connectivity index (χ4v) is 5.26. The second-order valence-corrected chi connectivity index (χ2v) is 9.39.